The van der Waals surface area contributed by atoms with Crippen molar-refractivity contribution >= 4 is 21.8 Å². The largest absolute Gasteiger partial charge is 0.299 e. The quantitative estimate of drug-likeness (QED) is 0.498. The van der Waals surface area contributed by atoms with Crippen LogP contribution in [0.3, 0.4) is 0 Å². The number of hydrazine groups is 1. The Kier molecular flexibility index (Phi) is 5.41. The first-order valence-corrected chi connectivity index (χ1v) is 8.22. The molecule has 0 aromatic heterocycles. The lowest BCUT2D eigenvalue weighted by Crippen LogP contribution is -2.30. The molecule has 1 aliphatic rings. The van der Waals surface area contributed by atoms with Gasteiger partial charge in [0.2, 0.25) is 0 Å². The van der Waals surface area contributed by atoms with Gasteiger partial charge in [-0.3, -0.25) is 15.1 Å². The van der Waals surface area contributed by atoms with Crippen LogP contribution in [-0.2, 0) is 6.54 Å². The van der Waals surface area contributed by atoms with Crippen molar-refractivity contribution in [2.45, 2.75) is 39.7 Å². The van der Waals surface area contributed by atoms with Gasteiger partial charge in [-0.05, 0) is 55.5 Å². The van der Waals surface area contributed by atoms with Crippen molar-refractivity contribution in [1.82, 2.24) is 10.3 Å². The molecule has 3 N–H and O–H groups in total. The Balaban J connectivity index is 2.04. The van der Waals surface area contributed by atoms with E-state index in [1.807, 2.05) is 18.2 Å². The molecule has 0 atom stereocenters. The molecule has 0 unspecified atom stereocenters. The van der Waals surface area contributed by atoms with Crippen molar-refractivity contribution in [1.29, 1.82) is 0 Å². The summed E-state index contributed by atoms with van der Waals surface area (Å²) in [5.41, 5.74) is 4.40. The minimum Gasteiger partial charge on any atom is -0.299 e. The number of carbonyl (C=O) groups is 1. The fourth-order valence-corrected chi connectivity index (χ4v) is 3.28. The lowest BCUT2D eigenvalue weighted by molar-refractivity contribution is 0.0953. The summed E-state index contributed by atoms with van der Waals surface area (Å²) in [5.74, 6) is 4.90. The molecule has 1 amide bonds. The number of nitrogens with zero attached hydrogens (tertiary/aromatic N) is 1. The van der Waals surface area contributed by atoms with Crippen LogP contribution in [0.2, 0.25) is 0 Å². The average Bonchev–Trinajstić information content (AvgIpc) is 2.61. The maximum Gasteiger partial charge on any atom is 0.265 e. The summed E-state index contributed by atoms with van der Waals surface area (Å²) >= 11 is 3.57. The van der Waals surface area contributed by atoms with Gasteiger partial charge in [0.05, 0.1) is 0 Å². The molecule has 1 fully saturated rings. The summed E-state index contributed by atoms with van der Waals surface area (Å²) in [7, 11) is 0. The van der Waals surface area contributed by atoms with Crippen molar-refractivity contribution in [2.75, 3.05) is 13.1 Å². The van der Waals surface area contributed by atoms with Crippen LogP contribution in [0.25, 0.3) is 0 Å². The third kappa shape index (κ3) is 4.53. The number of carbonyl (C=O) groups excluding carboxylic acids is 1. The van der Waals surface area contributed by atoms with Crippen LogP contribution < -0.4 is 11.3 Å². The number of likely N-dealkylation sites (tertiary alicyclic amines) is 1. The summed E-state index contributed by atoms with van der Waals surface area (Å²) < 4.78 is 0.965. The monoisotopic (exact) mass is 353 g/mol. The fourth-order valence-electron chi connectivity index (χ4n) is 2.78. The van der Waals surface area contributed by atoms with Gasteiger partial charge in [0.1, 0.15) is 0 Å². The zero-order valence-corrected chi connectivity index (χ0v) is 14.4. The SMILES string of the molecule is CC1(C)CCCN(Cc2ccc(C(=O)NN)cc2Br)CC1. The first-order chi connectivity index (χ1) is 9.91. The van der Waals surface area contributed by atoms with Crippen LogP contribution in [0.15, 0.2) is 22.7 Å². The van der Waals surface area contributed by atoms with Gasteiger partial charge in [0, 0.05) is 16.6 Å². The van der Waals surface area contributed by atoms with Crippen LogP contribution in [0.1, 0.15) is 49.0 Å². The Hall–Kier alpha value is -0.910. The van der Waals surface area contributed by atoms with E-state index in [9.17, 15) is 4.79 Å². The smallest absolute Gasteiger partial charge is 0.265 e. The average molecular weight is 354 g/mol. The molecule has 1 aromatic carbocycles. The first kappa shape index (κ1) is 16.5. The zero-order valence-electron chi connectivity index (χ0n) is 12.8. The van der Waals surface area contributed by atoms with Gasteiger partial charge in [-0.25, -0.2) is 5.84 Å². The Bertz CT molecular complexity index is 516. The summed E-state index contributed by atoms with van der Waals surface area (Å²) in [5, 5.41) is 0. The standard InChI is InChI=1S/C16H24BrN3O/c1-16(2)6-3-8-20(9-7-16)11-13-5-4-12(10-14(13)17)15(21)19-18/h4-5,10H,3,6-9,11,18H2,1-2H3,(H,19,21). The second-order valence-corrected chi connectivity index (χ2v) is 7.43. The van der Waals surface area contributed by atoms with Crippen molar-refractivity contribution in [3.63, 3.8) is 0 Å². The number of nitrogens with one attached hydrogen (secondary N) is 1. The lowest BCUT2D eigenvalue weighted by atomic mass is 9.85. The molecule has 21 heavy (non-hydrogen) atoms. The second-order valence-electron chi connectivity index (χ2n) is 6.57. The fraction of sp³-hybridized carbons (Fsp3) is 0.562. The zero-order chi connectivity index (χ0) is 15.5. The third-order valence-electron chi connectivity index (χ3n) is 4.27. The molecule has 0 radical (unpaired) electrons. The molecule has 1 aromatic rings. The summed E-state index contributed by atoms with van der Waals surface area (Å²) in [4.78, 5) is 14.0. The van der Waals surface area contributed by atoms with E-state index in [2.05, 4.69) is 40.1 Å². The van der Waals surface area contributed by atoms with Crippen molar-refractivity contribution in [3.8, 4) is 0 Å². The van der Waals surface area contributed by atoms with Gasteiger partial charge in [-0.15, -0.1) is 0 Å². The molecule has 116 valence electrons. The summed E-state index contributed by atoms with van der Waals surface area (Å²) in [6, 6.07) is 5.66. The van der Waals surface area contributed by atoms with E-state index in [0.29, 0.717) is 11.0 Å². The topological polar surface area (TPSA) is 58.4 Å². The number of nitrogen functional groups attached to an aromatic ring is 1. The van der Waals surface area contributed by atoms with Crippen LogP contribution >= 0.6 is 15.9 Å². The second kappa shape index (κ2) is 6.90. The first-order valence-electron chi connectivity index (χ1n) is 7.43. The minimum atomic E-state index is -0.265. The number of amides is 1. The predicted molar refractivity (Wildman–Crippen MR) is 88.7 cm³/mol. The molecular formula is C16H24BrN3O. The lowest BCUT2D eigenvalue weighted by Gasteiger charge is -2.23. The Morgan fingerprint density at radius 3 is 2.81 bits per heavy atom. The van der Waals surface area contributed by atoms with E-state index in [0.717, 1.165) is 24.1 Å². The summed E-state index contributed by atoms with van der Waals surface area (Å²) in [6.07, 6.45) is 3.77. The van der Waals surface area contributed by atoms with Gasteiger partial charge in [-0.2, -0.15) is 0 Å². The predicted octanol–water partition coefficient (Wildman–Crippen LogP) is 3.06. The molecule has 0 bridgehead atoms. The van der Waals surface area contributed by atoms with E-state index >= 15 is 0 Å². The van der Waals surface area contributed by atoms with Crippen molar-refractivity contribution < 1.29 is 4.79 Å². The highest BCUT2D eigenvalue weighted by molar-refractivity contribution is 9.10. The highest BCUT2D eigenvalue weighted by atomic mass is 79.9. The van der Waals surface area contributed by atoms with Crippen molar-refractivity contribution in [3.05, 3.63) is 33.8 Å². The molecule has 1 aliphatic heterocycles. The molecule has 1 saturated heterocycles. The number of halogens is 1. The molecular weight excluding hydrogens is 330 g/mol. The van der Waals surface area contributed by atoms with Crippen LogP contribution in [0.4, 0.5) is 0 Å². The number of hydrogen-bond donors (Lipinski definition) is 2. The van der Waals surface area contributed by atoms with E-state index in [-0.39, 0.29) is 5.91 Å². The Labute approximate surface area is 135 Å². The number of hydrogen-bond acceptors (Lipinski definition) is 3. The molecule has 1 heterocycles. The normalized spacial score (nSPS) is 19.0. The maximum absolute atomic E-state index is 11.5. The van der Waals surface area contributed by atoms with E-state index in [1.165, 1.54) is 24.8 Å². The number of rotatable bonds is 3. The van der Waals surface area contributed by atoms with Gasteiger partial charge in [0.25, 0.3) is 5.91 Å². The Morgan fingerprint density at radius 2 is 2.14 bits per heavy atom. The molecule has 5 heteroatoms. The highest BCUT2D eigenvalue weighted by Gasteiger charge is 2.23. The number of benzene rings is 1. The van der Waals surface area contributed by atoms with Crippen LogP contribution in [0, 0.1) is 5.41 Å². The van der Waals surface area contributed by atoms with Gasteiger partial charge >= 0.3 is 0 Å². The highest BCUT2D eigenvalue weighted by Crippen LogP contribution is 2.31. The molecule has 0 spiro atoms. The van der Waals surface area contributed by atoms with Gasteiger partial charge < -0.3 is 0 Å². The molecule has 0 saturated carbocycles. The van der Waals surface area contributed by atoms with Gasteiger partial charge in [-0.1, -0.05) is 35.8 Å². The van der Waals surface area contributed by atoms with Gasteiger partial charge in [0.15, 0.2) is 0 Å². The van der Waals surface area contributed by atoms with E-state index < -0.39 is 0 Å². The molecule has 2 rings (SSSR count). The van der Waals surface area contributed by atoms with E-state index in [4.69, 9.17) is 5.84 Å². The number of nitrogens with two attached hydrogens (primary N) is 1. The molecule has 0 aliphatic carbocycles. The third-order valence-corrected chi connectivity index (χ3v) is 5.01. The summed E-state index contributed by atoms with van der Waals surface area (Å²) in [6.45, 7) is 7.89. The molecule has 4 nitrogen and oxygen atoms in total. The van der Waals surface area contributed by atoms with E-state index in [1.54, 1.807) is 0 Å². The minimum absolute atomic E-state index is 0.265. The van der Waals surface area contributed by atoms with Crippen molar-refractivity contribution in [2.24, 2.45) is 11.3 Å². The Morgan fingerprint density at radius 1 is 1.38 bits per heavy atom. The maximum atomic E-state index is 11.5. The van der Waals surface area contributed by atoms with Crippen LogP contribution in [0.5, 0.6) is 0 Å². The van der Waals surface area contributed by atoms with Crippen LogP contribution in [-0.4, -0.2) is 23.9 Å².